The summed E-state index contributed by atoms with van der Waals surface area (Å²) in [5.41, 5.74) is 2.34. The number of benzene rings is 2. The van der Waals surface area contributed by atoms with Crippen LogP contribution in [0.25, 0.3) is 11.0 Å². The van der Waals surface area contributed by atoms with Gasteiger partial charge in [0.05, 0.1) is 24.2 Å². The Labute approximate surface area is 217 Å². The highest BCUT2D eigenvalue weighted by Gasteiger charge is 2.43. The summed E-state index contributed by atoms with van der Waals surface area (Å²) in [6.45, 7) is 6.41. The van der Waals surface area contributed by atoms with Crippen molar-refractivity contribution in [3.8, 4) is 11.5 Å². The summed E-state index contributed by atoms with van der Waals surface area (Å²) in [5, 5.41) is 3.26. The zero-order chi connectivity index (χ0) is 25.9. The Hall–Kier alpha value is -3.55. The van der Waals surface area contributed by atoms with Gasteiger partial charge in [0.25, 0.3) is 5.91 Å². The van der Waals surface area contributed by atoms with Gasteiger partial charge in [-0.25, -0.2) is 4.98 Å². The minimum atomic E-state index is -0.873. The van der Waals surface area contributed by atoms with E-state index in [0.29, 0.717) is 29.5 Å². The van der Waals surface area contributed by atoms with E-state index >= 15 is 0 Å². The number of nitrogens with one attached hydrogen (secondary N) is 2. The third-order valence-corrected chi connectivity index (χ3v) is 7.25. The third-order valence-electron chi connectivity index (χ3n) is 7.25. The molecule has 5 rings (SSSR count). The zero-order valence-corrected chi connectivity index (χ0v) is 21.8. The molecular formula is C29H36N4O4. The monoisotopic (exact) mass is 504 g/mol. The van der Waals surface area contributed by atoms with Gasteiger partial charge in [-0.3, -0.25) is 9.59 Å². The van der Waals surface area contributed by atoms with Crippen molar-refractivity contribution >= 4 is 22.8 Å². The second-order valence-electron chi connectivity index (χ2n) is 10.3. The Morgan fingerprint density at radius 2 is 1.95 bits per heavy atom. The van der Waals surface area contributed by atoms with Crippen molar-refractivity contribution in [3.63, 3.8) is 0 Å². The highest BCUT2D eigenvalue weighted by atomic mass is 16.5. The van der Waals surface area contributed by atoms with Crippen molar-refractivity contribution in [1.29, 1.82) is 0 Å². The number of aromatic nitrogens is 2. The van der Waals surface area contributed by atoms with Crippen LogP contribution in [0, 0.1) is 5.92 Å². The van der Waals surface area contributed by atoms with Crippen LogP contribution in [-0.2, 0) is 16.1 Å². The number of rotatable bonds is 7. The van der Waals surface area contributed by atoms with Gasteiger partial charge >= 0.3 is 0 Å². The van der Waals surface area contributed by atoms with Crippen LogP contribution in [0.5, 0.6) is 11.5 Å². The first kappa shape index (κ1) is 25.1. The predicted molar refractivity (Wildman–Crippen MR) is 141 cm³/mol. The SMILES string of the molecule is CCOc1cccc2c1OC(C(C)C)C(=O)N(Cc1nc3ccccc3[nH]1)C2C(=O)NC1CCCCC1. The molecule has 0 bridgehead atoms. The molecule has 196 valence electrons. The van der Waals surface area contributed by atoms with Gasteiger partial charge in [0.1, 0.15) is 11.9 Å². The average molecular weight is 505 g/mol. The van der Waals surface area contributed by atoms with E-state index in [-0.39, 0.29) is 30.3 Å². The fourth-order valence-corrected chi connectivity index (χ4v) is 5.42. The molecule has 3 aromatic rings. The maximum Gasteiger partial charge on any atom is 0.265 e. The molecule has 1 fully saturated rings. The fraction of sp³-hybridized carbons (Fsp3) is 0.483. The molecule has 2 unspecified atom stereocenters. The Morgan fingerprint density at radius 1 is 1.16 bits per heavy atom. The van der Waals surface area contributed by atoms with E-state index in [1.807, 2.05) is 63.2 Å². The van der Waals surface area contributed by atoms with Crippen molar-refractivity contribution < 1.29 is 19.1 Å². The number of aromatic amines is 1. The normalized spacial score (nSPS) is 20.4. The molecule has 8 nitrogen and oxygen atoms in total. The van der Waals surface area contributed by atoms with Gasteiger partial charge in [0, 0.05) is 11.6 Å². The molecular weight excluding hydrogens is 468 g/mol. The van der Waals surface area contributed by atoms with Crippen LogP contribution in [0.2, 0.25) is 0 Å². The summed E-state index contributed by atoms with van der Waals surface area (Å²) < 4.78 is 12.3. The van der Waals surface area contributed by atoms with Crippen LogP contribution in [-0.4, -0.2) is 45.4 Å². The number of carbonyl (C=O) groups excluding carboxylic acids is 2. The summed E-state index contributed by atoms with van der Waals surface area (Å²) >= 11 is 0. The summed E-state index contributed by atoms with van der Waals surface area (Å²) in [6.07, 6.45) is 4.52. The molecule has 2 aliphatic rings. The predicted octanol–water partition coefficient (Wildman–Crippen LogP) is 4.90. The minimum absolute atomic E-state index is 0.105. The number of fused-ring (bicyclic) bond motifs is 2. The number of hydrogen-bond donors (Lipinski definition) is 2. The van der Waals surface area contributed by atoms with E-state index < -0.39 is 12.1 Å². The highest BCUT2D eigenvalue weighted by molar-refractivity contribution is 5.92. The number of carbonyl (C=O) groups is 2. The topological polar surface area (TPSA) is 96.6 Å². The summed E-state index contributed by atoms with van der Waals surface area (Å²) in [4.78, 5) is 37.8. The maximum atomic E-state index is 14.1. The van der Waals surface area contributed by atoms with Crippen LogP contribution in [0.4, 0.5) is 0 Å². The molecule has 1 saturated carbocycles. The van der Waals surface area contributed by atoms with E-state index in [2.05, 4.69) is 10.3 Å². The fourth-order valence-electron chi connectivity index (χ4n) is 5.42. The molecule has 0 spiro atoms. The molecule has 2 N–H and O–H groups in total. The molecule has 1 aliphatic carbocycles. The molecule has 2 atom stereocenters. The van der Waals surface area contributed by atoms with Crippen LogP contribution in [0.3, 0.4) is 0 Å². The lowest BCUT2D eigenvalue weighted by Crippen LogP contribution is -2.49. The van der Waals surface area contributed by atoms with E-state index in [1.54, 1.807) is 4.90 Å². The molecule has 37 heavy (non-hydrogen) atoms. The molecule has 1 aliphatic heterocycles. The van der Waals surface area contributed by atoms with Crippen molar-refractivity contribution in [2.75, 3.05) is 6.61 Å². The molecule has 1 aromatic heterocycles. The summed E-state index contributed by atoms with van der Waals surface area (Å²) in [6, 6.07) is 12.5. The van der Waals surface area contributed by atoms with Crippen LogP contribution in [0.1, 0.15) is 70.3 Å². The summed E-state index contributed by atoms with van der Waals surface area (Å²) in [7, 11) is 0. The Morgan fingerprint density at radius 3 is 2.68 bits per heavy atom. The molecule has 0 saturated heterocycles. The van der Waals surface area contributed by atoms with E-state index in [1.165, 1.54) is 6.42 Å². The molecule has 0 radical (unpaired) electrons. The molecule has 8 heteroatoms. The average Bonchev–Trinajstić information content (AvgIpc) is 3.25. The van der Waals surface area contributed by atoms with Crippen molar-refractivity contribution in [1.82, 2.24) is 20.2 Å². The van der Waals surface area contributed by atoms with Gasteiger partial charge in [-0.15, -0.1) is 0 Å². The van der Waals surface area contributed by atoms with E-state index in [0.717, 1.165) is 36.7 Å². The second-order valence-corrected chi connectivity index (χ2v) is 10.3. The number of hydrogen-bond acceptors (Lipinski definition) is 5. The number of ether oxygens (including phenoxy) is 2. The third kappa shape index (κ3) is 5.15. The lowest BCUT2D eigenvalue weighted by Gasteiger charge is -2.32. The lowest BCUT2D eigenvalue weighted by atomic mass is 9.94. The van der Waals surface area contributed by atoms with Gasteiger partial charge < -0.3 is 24.7 Å². The number of amides is 2. The largest absolute Gasteiger partial charge is 0.490 e. The first-order valence-electron chi connectivity index (χ1n) is 13.4. The quantitative estimate of drug-likeness (QED) is 0.477. The number of imidazole rings is 1. The van der Waals surface area contributed by atoms with Gasteiger partial charge in [0.15, 0.2) is 17.6 Å². The zero-order valence-electron chi connectivity index (χ0n) is 21.8. The highest BCUT2D eigenvalue weighted by Crippen LogP contribution is 2.42. The smallest absolute Gasteiger partial charge is 0.265 e. The van der Waals surface area contributed by atoms with Gasteiger partial charge in [0.2, 0.25) is 5.91 Å². The standard InChI is InChI=1S/C29H36N4O4/c1-4-36-23-16-10-13-20-25(28(34)30-19-11-6-5-7-12-19)33(29(35)26(18(2)3)37-27(20)23)17-24-31-21-14-8-9-15-22(21)32-24/h8-10,13-16,18-19,25-26H,4-7,11-12,17H2,1-3H3,(H,30,34)(H,31,32). The Balaban J connectivity index is 1.60. The first-order valence-corrected chi connectivity index (χ1v) is 13.4. The molecule has 2 aromatic carbocycles. The minimum Gasteiger partial charge on any atom is -0.490 e. The van der Waals surface area contributed by atoms with Gasteiger partial charge in [-0.2, -0.15) is 0 Å². The van der Waals surface area contributed by atoms with Crippen molar-refractivity contribution in [2.45, 2.75) is 77.6 Å². The van der Waals surface area contributed by atoms with Gasteiger partial charge in [-0.05, 0) is 43.9 Å². The van der Waals surface area contributed by atoms with Crippen LogP contribution < -0.4 is 14.8 Å². The summed E-state index contributed by atoms with van der Waals surface area (Å²) in [5.74, 6) is 1.08. The molecule has 2 amide bonds. The number of para-hydroxylation sites is 3. The molecule has 2 heterocycles. The Bertz CT molecular complexity index is 1230. The first-order chi connectivity index (χ1) is 18.0. The lowest BCUT2D eigenvalue weighted by molar-refractivity contribution is -0.147. The van der Waals surface area contributed by atoms with Crippen molar-refractivity contribution in [3.05, 3.63) is 53.9 Å². The van der Waals surface area contributed by atoms with Gasteiger partial charge in [-0.1, -0.05) is 57.4 Å². The number of nitrogens with zero attached hydrogens (tertiary/aromatic N) is 2. The van der Waals surface area contributed by atoms with E-state index in [9.17, 15) is 9.59 Å². The Kier molecular flexibility index (Phi) is 7.35. The van der Waals surface area contributed by atoms with Crippen molar-refractivity contribution in [2.24, 2.45) is 5.92 Å². The maximum absolute atomic E-state index is 14.1. The number of H-pyrrole nitrogens is 1. The second kappa shape index (κ2) is 10.8. The van der Waals surface area contributed by atoms with E-state index in [4.69, 9.17) is 14.5 Å². The van der Waals surface area contributed by atoms with Crippen LogP contribution >= 0.6 is 0 Å². The van der Waals surface area contributed by atoms with Crippen LogP contribution in [0.15, 0.2) is 42.5 Å².